The van der Waals surface area contributed by atoms with Gasteiger partial charge in [0, 0.05) is 24.1 Å². The number of rotatable bonds is 7. The van der Waals surface area contributed by atoms with Gasteiger partial charge in [-0.3, -0.25) is 0 Å². The summed E-state index contributed by atoms with van der Waals surface area (Å²) in [7, 11) is 2.13. The highest BCUT2D eigenvalue weighted by Crippen LogP contribution is 2.33. The fourth-order valence-electron chi connectivity index (χ4n) is 2.92. The van der Waals surface area contributed by atoms with Gasteiger partial charge < -0.3 is 15.3 Å². The predicted octanol–water partition coefficient (Wildman–Crippen LogP) is 3.72. The maximum atomic E-state index is 9.39. The minimum Gasteiger partial charge on any atom is -0.393 e. The van der Waals surface area contributed by atoms with E-state index < -0.39 is 0 Å². The van der Waals surface area contributed by atoms with Gasteiger partial charge in [-0.1, -0.05) is 13.0 Å². The molecule has 21 heavy (non-hydrogen) atoms. The number of aliphatic hydroxyl groups is 1. The maximum Gasteiger partial charge on any atom is 0.0546 e. The summed E-state index contributed by atoms with van der Waals surface area (Å²) in [5.74, 6) is 0.627. The highest BCUT2D eigenvalue weighted by atomic mass is 79.9. The molecule has 2 rings (SSSR count). The topological polar surface area (TPSA) is 35.5 Å². The molecule has 1 unspecified atom stereocenters. The molecule has 0 heterocycles. The van der Waals surface area contributed by atoms with Gasteiger partial charge >= 0.3 is 0 Å². The van der Waals surface area contributed by atoms with Gasteiger partial charge in [-0.25, -0.2) is 0 Å². The highest BCUT2D eigenvalue weighted by molar-refractivity contribution is 9.10. The Morgan fingerprint density at radius 2 is 2.14 bits per heavy atom. The second-order valence-electron chi connectivity index (χ2n) is 6.26. The summed E-state index contributed by atoms with van der Waals surface area (Å²) in [6.45, 7) is 6.45. The number of halogens is 1. The lowest BCUT2D eigenvalue weighted by atomic mass is 9.82. The van der Waals surface area contributed by atoms with Gasteiger partial charge in [0.25, 0.3) is 0 Å². The number of nitrogens with zero attached hydrogens (tertiary/aromatic N) is 1. The van der Waals surface area contributed by atoms with Crippen LogP contribution in [0.3, 0.4) is 0 Å². The molecule has 4 heteroatoms. The van der Waals surface area contributed by atoms with Crippen LogP contribution in [0.25, 0.3) is 0 Å². The van der Waals surface area contributed by atoms with Crippen molar-refractivity contribution >= 4 is 21.6 Å². The van der Waals surface area contributed by atoms with Gasteiger partial charge in [0.2, 0.25) is 0 Å². The first kappa shape index (κ1) is 16.8. The van der Waals surface area contributed by atoms with Crippen LogP contribution < -0.4 is 10.2 Å². The summed E-state index contributed by atoms with van der Waals surface area (Å²) < 4.78 is 1.15. The molecule has 1 aromatic carbocycles. The summed E-state index contributed by atoms with van der Waals surface area (Å²) in [5, 5.41) is 12.9. The van der Waals surface area contributed by atoms with Crippen molar-refractivity contribution in [1.29, 1.82) is 0 Å². The van der Waals surface area contributed by atoms with Crippen molar-refractivity contribution in [3.8, 4) is 0 Å². The molecule has 3 nitrogen and oxygen atoms in total. The largest absolute Gasteiger partial charge is 0.393 e. The van der Waals surface area contributed by atoms with E-state index in [1.807, 2.05) is 0 Å². The monoisotopic (exact) mass is 354 g/mol. The van der Waals surface area contributed by atoms with E-state index in [2.05, 4.69) is 65.2 Å². The van der Waals surface area contributed by atoms with Gasteiger partial charge in [-0.15, -0.1) is 0 Å². The SMILES string of the molecule is CCCNC(C)c1ccc(N(C)CC2CC(O)C2)c(Br)c1. The van der Waals surface area contributed by atoms with Crippen molar-refractivity contribution < 1.29 is 5.11 Å². The van der Waals surface area contributed by atoms with E-state index in [0.717, 1.165) is 36.8 Å². The Morgan fingerprint density at radius 3 is 2.71 bits per heavy atom. The summed E-state index contributed by atoms with van der Waals surface area (Å²) >= 11 is 3.71. The average molecular weight is 355 g/mol. The molecule has 0 amide bonds. The normalized spacial score (nSPS) is 22.7. The van der Waals surface area contributed by atoms with Crippen molar-refractivity contribution in [3.63, 3.8) is 0 Å². The maximum absolute atomic E-state index is 9.39. The number of aliphatic hydroxyl groups excluding tert-OH is 1. The number of benzene rings is 1. The van der Waals surface area contributed by atoms with Crippen LogP contribution in [0.15, 0.2) is 22.7 Å². The second-order valence-corrected chi connectivity index (χ2v) is 7.11. The first-order valence-corrected chi connectivity index (χ1v) is 8.72. The summed E-state index contributed by atoms with van der Waals surface area (Å²) in [5.41, 5.74) is 2.54. The van der Waals surface area contributed by atoms with E-state index in [1.54, 1.807) is 0 Å². The molecular formula is C17H27BrN2O. The molecule has 1 aromatic rings. The molecule has 1 aliphatic rings. The van der Waals surface area contributed by atoms with Gasteiger partial charge in [0.05, 0.1) is 11.8 Å². The summed E-state index contributed by atoms with van der Waals surface area (Å²) in [6, 6.07) is 7.00. The van der Waals surface area contributed by atoms with E-state index in [0.29, 0.717) is 12.0 Å². The first-order chi connectivity index (χ1) is 10.0. The van der Waals surface area contributed by atoms with Crippen molar-refractivity contribution in [2.24, 2.45) is 5.92 Å². The minimum atomic E-state index is -0.0697. The number of hydrogen-bond acceptors (Lipinski definition) is 3. The van der Waals surface area contributed by atoms with Crippen molar-refractivity contribution in [2.45, 2.75) is 45.3 Å². The molecule has 0 aromatic heterocycles. The van der Waals surface area contributed by atoms with E-state index in [-0.39, 0.29) is 6.10 Å². The Morgan fingerprint density at radius 1 is 1.43 bits per heavy atom. The van der Waals surface area contributed by atoms with Crippen LogP contribution in [0, 0.1) is 5.92 Å². The van der Waals surface area contributed by atoms with Gasteiger partial charge in [-0.2, -0.15) is 0 Å². The zero-order chi connectivity index (χ0) is 15.4. The molecule has 118 valence electrons. The summed E-state index contributed by atoms with van der Waals surface area (Å²) in [6.07, 6.45) is 2.97. The van der Waals surface area contributed by atoms with Crippen LogP contribution in [-0.2, 0) is 0 Å². The second kappa shape index (κ2) is 7.61. The smallest absolute Gasteiger partial charge is 0.0546 e. The Bertz CT molecular complexity index is 460. The van der Waals surface area contributed by atoms with Crippen LogP contribution in [0.5, 0.6) is 0 Å². The van der Waals surface area contributed by atoms with E-state index in [1.165, 1.54) is 11.3 Å². The first-order valence-electron chi connectivity index (χ1n) is 7.93. The molecule has 0 aliphatic heterocycles. The van der Waals surface area contributed by atoms with Crippen LogP contribution in [-0.4, -0.2) is 31.3 Å². The van der Waals surface area contributed by atoms with Gasteiger partial charge in [0.1, 0.15) is 0 Å². The Kier molecular flexibility index (Phi) is 6.08. The van der Waals surface area contributed by atoms with Crippen molar-refractivity contribution in [2.75, 3.05) is 25.0 Å². The fraction of sp³-hybridized carbons (Fsp3) is 0.647. The third kappa shape index (κ3) is 4.44. The van der Waals surface area contributed by atoms with Crippen molar-refractivity contribution in [3.05, 3.63) is 28.2 Å². The average Bonchev–Trinajstić information content (AvgIpc) is 2.42. The number of anilines is 1. The van der Waals surface area contributed by atoms with Gasteiger partial charge in [-0.05, 0) is 72.3 Å². The van der Waals surface area contributed by atoms with Gasteiger partial charge in [0.15, 0.2) is 0 Å². The Labute approximate surface area is 136 Å². The molecule has 0 radical (unpaired) electrons. The van der Waals surface area contributed by atoms with Crippen molar-refractivity contribution in [1.82, 2.24) is 5.32 Å². The zero-order valence-corrected chi connectivity index (χ0v) is 14.9. The fourth-order valence-corrected chi connectivity index (χ4v) is 3.62. The third-order valence-corrected chi connectivity index (χ3v) is 4.96. The molecule has 0 spiro atoms. The van der Waals surface area contributed by atoms with E-state index in [4.69, 9.17) is 0 Å². The molecular weight excluding hydrogens is 328 g/mol. The Hall–Kier alpha value is -0.580. The third-order valence-electron chi connectivity index (χ3n) is 4.33. The molecule has 0 bridgehead atoms. The number of nitrogens with one attached hydrogen (secondary N) is 1. The van der Waals surface area contributed by atoms with Crippen LogP contribution >= 0.6 is 15.9 Å². The lowest BCUT2D eigenvalue weighted by Gasteiger charge is -2.35. The molecule has 0 saturated heterocycles. The molecule has 1 atom stereocenters. The molecule has 2 N–H and O–H groups in total. The van der Waals surface area contributed by atoms with Crippen LogP contribution in [0.1, 0.15) is 44.7 Å². The predicted molar refractivity (Wildman–Crippen MR) is 92.9 cm³/mol. The van der Waals surface area contributed by atoms with E-state index >= 15 is 0 Å². The number of hydrogen-bond donors (Lipinski definition) is 2. The molecule has 1 fully saturated rings. The van der Waals surface area contributed by atoms with E-state index in [9.17, 15) is 5.11 Å². The quantitative estimate of drug-likeness (QED) is 0.783. The molecule has 1 aliphatic carbocycles. The summed E-state index contributed by atoms with van der Waals surface area (Å²) in [4.78, 5) is 2.29. The van der Waals surface area contributed by atoms with Crippen LogP contribution in [0.2, 0.25) is 0 Å². The lowest BCUT2D eigenvalue weighted by Crippen LogP contribution is -2.37. The minimum absolute atomic E-state index is 0.0697. The Balaban J connectivity index is 1.97. The lowest BCUT2D eigenvalue weighted by molar-refractivity contribution is 0.0464. The molecule has 1 saturated carbocycles. The van der Waals surface area contributed by atoms with Crippen LogP contribution in [0.4, 0.5) is 5.69 Å². The highest BCUT2D eigenvalue weighted by Gasteiger charge is 2.28. The standard InChI is InChI=1S/C17H27BrN2O/c1-4-7-19-12(2)14-5-6-17(16(18)10-14)20(3)11-13-8-15(21)9-13/h5-6,10,12-13,15,19,21H,4,7-9,11H2,1-3H3. The zero-order valence-electron chi connectivity index (χ0n) is 13.3.